The molecule has 0 radical (unpaired) electrons. The predicted octanol–water partition coefficient (Wildman–Crippen LogP) is 7.26. The Bertz CT molecular complexity index is 971. The smallest absolute Gasteiger partial charge is 0.162 e. The Kier molecular flexibility index (Phi) is 6.21. The van der Waals surface area contributed by atoms with Crippen molar-refractivity contribution in [2.75, 3.05) is 7.11 Å². The van der Waals surface area contributed by atoms with Crippen LogP contribution in [-0.4, -0.2) is 13.2 Å². The third kappa shape index (κ3) is 4.83. The number of rotatable bonds is 6. The van der Waals surface area contributed by atoms with Crippen LogP contribution in [0.2, 0.25) is 5.02 Å². The fraction of sp³-hybridized carbons (Fsp3) is 0.231. The molecule has 0 unspecified atom stereocenters. The van der Waals surface area contributed by atoms with E-state index in [1.54, 1.807) is 7.11 Å². The van der Waals surface area contributed by atoms with E-state index in [9.17, 15) is 0 Å². The number of ether oxygens (including phenoxy) is 2. The van der Waals surface area contributed by atoms with E-state index in [-0.39, 0.29) is 6.10 Å². The van der Waals surface area contributed by atoms with Gasteiger partial charge in [-0.15, -0.1) is 0 Å². The average Bonchev–Trinajstić information content (AvgIpc) is 3.27. The van der Waals surface area contributed by atoms with Crippen LogP contribution in [0.4, 0.5) is 0 Å². The zero-order valence-electron chi connectivity index (χ0n) is 16.6. The van der Waals surface area contributed by atoms with Gasteiger partial charge in [0.05, 0.1) is 13.2 Å². The quantitative estimate of drug-likeness (QED) is 0.402. The van der Waals surface area contributed by atoms with Crippen molar-refractivity contribution in [3.8, 4) is 11.5 Å². The van der Waals surface area contributed by atoms with E-state index in [0.29, 0.717) is 0 Å². The maximum atomic E-state index is 6.32. The van der Waals surface area contributed by atoms with E-state index >= 15 is 0 Å². The molecule has 3 aromatic rings. The van der Waals surface area contributed by atoms with Crippen LogP contribution in [-0.2, 0) is 0 Å². The van der Waals surface area contributed by atoms with Crippen LogP contribution >= 0.6 is 11.6 Å². The fourth-order valence-electron chi connectivity index (χ4n) is 3.80. The van der Waals surface area contributed by atoms with Crippen molar-refractivity contribution in [1.29, 1.82) is 0 Å². The molecule has 148 valence electrons. The normalized spacial score (nSPS) is 14.8. The van der Waals surface area contributed by atoms with Crippen molar-refractivity contribution in [2.24, 2.45) is 0 Å². The molecule has 0 spiro atoms. The van der Waals surface area contributed by atoms with E-state index in [4.69, 9.17) is 21.1 Å². The largest absolute Gasteiger partial charge is 0.493 e. The van der Waals surface area contributed by atoms with Crippen molar-refractivity contribution in [1.82, 2.24) is 0 Å². The first kappa shape index (κ1) is 19.6. The summed E-state index contributed by atoms with van der Waals surface area (Å²) in [6, 6.07) is 24.5. The maximum absolute atomic E-state index is 6.32. The summed E-state index contributed by atoms with van der Waals surface area (Å²) >= 11 is 6.07. The predicted molar refractivity (Wildman–Crippen MR) is 121 cm³/mol. The highest BCUT2D eigenvalue weighted by molar-refractivity contribution is 6.30. The van der Waals surface area contributed by atoms with Crippen LogP contribution in [0.15, 0.2) is 72.8 Å². The van der Waals surface area contributed by atoms with Crippen LogP contribution in [0.3, 0.4) is 0 Å². The molecule has 0 atom stereocenters. The lowest BCUT2D eigenvalue weighted by molar-refractivity contribution is 0.201. The Morgan fingerprint density at radius 3 is 2.28 bits per heavy atom. The third-order valence-electron chi connectivity index (χ3n) is 5.34. The summed E-state index contributed by atoms with van der Waals surface area (Å²) in [5.74, 6) is 1.59. The van der Waals surface area contributed by atoms with Crippen molar-refractivity contribution in [2.45, 2.75) is 31.8 Å². The van der Waals surface area contributed by atoms with Gasteiger partial charge in [0.2, 0.25) is 0 Å². The molecule has 0 bridgehead atoms. The minimum Gasteiger partial charge on any atom is -0.493 e. The lowest BCUT2D eigenvalue weighted by atomic mass is 9.95. The first-order valence-electron chi connectivity index (χ1n) is 10.1. The Hall–Kier alpha value is -2.71. The summed E-state index contributed by atoms with van der Waals surface area (Å²) in [4.78, 5) is 0. The Morgan fingerprint density at radius 2 is 1.59 bits per heavy atom. The van der Waals surface area contributed by atoms with Crippen LogP contribution in [0.1, 0.15) is 42.4 Å². The fourth-order valence-corrected chi connectivity index (χ4v) is 3.92. The second kappa shape index (κ2) is 9.19. The summed E-state index contributed by atoms with van der Waals surface area (Å²) in [6.07, 6.45) is 7.16. The van der Waals surface area contributed by atoms with Gasteiger partial charge in [0.1, 0.15) is 0 Å². The van der Waals surface area contributed by atoms with Gasteiger partial charge in [-0.1, -0.05) is 60.1 Å². The number of benzene rings is 3. The van der Waals surface area contributed by atoms with Crippen LogP contribution < -0.4 is 9.47 Å². The molecular weight excluding hydrogens is 380 g/mol. The van der Waals surface area contributed by atoms with Crippen LogP contribution in [0, 0.1) is 0 Å². The Morgan fingerprint density at radius 1 is 0.862 bits per heavy atom. The zero-order chi connectivity index (χ0) is 20.1. The molecule has 1 saturated carbocycles. The SMILES string of the molecule is COc1ccc(/C(=C/c2ccc(Cl)cc2)c2ccccc2)cc1OC1CCCC1. The minimum atomic E-state index is 0.277. The van der Waals surface area contributed by atoms with Gasteiger partial charge in [0, 0.05) is 5.02 Å². The molecule has 0 amide bonds. The summed E-state index contributed by atoms with van der Waals surface area (Å²) in [7, 11) is 1.69. The van der Waals surface area contributed by atoms with E-state index in [2.05, 4.69) is 42.5 Å². The van der Waals surface area contributed by atoms with Gasteiger partial charge >= 0.3 is 0 Å². The topological polar surface area (TPSA) is 18.5 Å². The number of halogens is 1. The first-order chi connectivity index (χ1) is 14.2. The van der Waals surface area contributed by atoms with Gasteiger partial charge in [-0.25, -0.2) is 0 Å². The van der Waals surface area contributed by atoms with E-state index < -0.39 is 0 Å². The molecule has 0 N–H and O–H groups in total. The molecule has 0 saturated heterocycles. The molecule has 1 fully saturated rings. The van der Waals surface area contributed by atoms with Gasteiger partial charge in [-0.3, -0.25) is 0 Å². The Balaban J connectivity index is 1.76. The van der Waals surface area contributed by atoms with Crippen LogP contribution in [0.5, 0.6) is 11.5 Å². The number of methoxy groups -OCH3 is 1. The van der Waals surface area contributed by atoms with E-state index in [1.165, 1.54) is 12.8 Å². The second-order valence-corrected chi connectivity index (χ2v) is 7.80. The number of hydrogen-bond acceptors (Lipinski definition) is 2. The molecule has 3 aromatic carbocycles. The highest BCUT2D eigenvalue weighted by Crippen LogP contribution is 2.36. The van der Waals surface area contributed by atoms with Crippen molar-refractivity contribution in [3.63, 3.8) is 0 Å². The van der Waals surface area contributed by atoms with Gasteiger partial charge < -0.3 is 9.47 Å². The lowest BCUT2D eigenvalue weighted by Crippen LogP contribution is -2.11. The molecule has 1 aliphatic carbocycles. The summed E-state index contributed by atoms with van der Waals surface area (Å²) in [6.45, 7) is 0. The monoisotopic (exact) mass is 404 g/mol. The van der Waals surface area contributed by atoms with Gasteiger partial charge in [0.15, 0.2) is 11.5 Å². The van der Waals surface area contributed by atoms with Gasteiger partial charge in [-0.05, 0) is 78.3 Å². The first-order valence-corrected chi connectivity index (χ1v) is 10.5. The van der Waals surface area contributed by atoms with Crippen molar-refractivity contribution >= 4 is 23.3 Å². The molecule has 1 aliphatic rings. The molecule has 0 aliphatic heterocycles. The highest BCUT2D eigenvalue weighted by atomic mass is 35.5. The summed E-state index contributed by atoms with van der Waals surface area (Å²) in [5, 5.41) is 0.736. The van der Waals surface area contributed by atoms with Crippen LogP contribution in [0.25, 0.3) is 11.6 Å². The number of hydrogen-bond donors (Lipinski definition) is 0. The second-order valence-electron chi connectivity index (χ2n) is 7.37. The van der Waals surface area contributed by atoms with Crippen molar-refractivity contribution in [3.05, 3.63) is 94.5 Å². The maximum Gasteiger partial charge on any atom is 0.162 e. The average molecular weight is 405 g/mol. The van der Waals surface area contributed by atoms with Crippen molar-refractivity contribution < 1.29 is 9.47 Å². The zero-order valence-corrected chi connectivity index (χ0v) is 17.4. The molecule has 29 heavy (non-hydrogen) atoms. The molecule has 0 aromatic heterocycles. The summed E-state index contributed by atoms with van der Waals surface area (Å²) in [5.41, 5.74) is 4.48. The van der Waals surface area contributed by atoms with Gasteiger partial charge in [-0.2, -0.15) is 0 Å². The molecule has 3 heteroatoms. The Labute approximate surface area is 177 Å². The third-order valence-corrected chi connectivity index (χ3v) is 5.59. The van der Waals surface area contributed by atoms with E-state index in [1.807, 2.05) is 36.4 Å². The highest BCUT2D eigenvalue weighted by Gasteiger charge is 2.19. The lowest BCUT2D eigenvalue weighted by Gasteiger charge is -2.18. The minimum absolute atomic E-state index is 0.277. The van der Waals surface area contributed by atoms with E-state index in [0.717, 1.165) is 51.6 Å². The molecule has 0 heterocycles. The summed E-state index contributed by atoms with van der Waals surface area (Å²) < 4.78 is 11.9. The standard InChI is InChI=1S/C26H25ClO2/c1-28-25-16-13-21(18-26(25)29-23-9-5-6-10-23)24(20-7-3-2-4-8-20)17-19-11-14-22(27)15-12-19/h2-4,7-8,11-18,23H,5-6,9-10H2,1H3/b24-17+. The molecule has 2 nitrogen and oxygen atoms in total. The van der Waals surface area contributed by atoms with Gasteiger partial charge in [0.25, 0.3) is 0 Å². The molecule has 4 rings (SSSR count). The molecular formula is C26H25ClO2.